The number of ketones is 2. The molecular formula is C20H17NO4. The fourth-order valence-electron chi connectivity index (χ4n) is 2.81. The van der Waals surface area contributed by atoms with Gasteiger partial charge in [0.15, 0.2) is 5.78 Å². The molecule has 0 atom stereocenters. The van der Waals surface area contributed by atoms with Gasteiger partial charge in [0.25, 0.3) is 0 Å². The third-order valence-electron chi connectivity index (χ3n) is 3.81. The molecule has 0 saturated carbocycles. The van der Waals surface area contributed by atoms with Crippen LogP contribution in [0.15, 0.2) is 55.6 Å². The molecule has 0 radical (unpaired) electrons. The molecule has 0 aliphatic heterocycles. The van der Waals surface area contributed by atoms with Crippen LogP contribution in [0.3, 0.4) is 0 Å². The first-order valence-corrected chi connectivity index (χ1v) is 7.71. The summed E-state index contributed by atoms with van der Waals surface area (Å²) in [6.45, 7) is 7.61. The van der Waals surface area contributed by atoms with Gasteiger partial charge in [-0.25, -0.2) is 0 Å². The fraction of sp³-hybridized carbons (Fsp3) is 0.100. The Balaban J connectivity index is 2.20. The number of nitrogen functional groups attached to an aromatic ring is 1. The lowest BCUT2D eigenvalue weighted by Crippen LogP contribution is -2.23. The highest BCUT2D eigenvalue weighted by atomic mass is 16.5. The minimum absolute atomic E-state index is 0.193. The molecule has 3 rings (SSSR count). The molecule has 2 N–H and O–H groups in total. The lowest BCUT2D eigenvalue weighted by molar-refractivity contribution is 0.0973. The predicted octanol–water partition coefficient (Wildman–Crippen LogP) is 3.17. The number of ether oxygens (including phenoxy) is 2. The van der Waals surface area contributed by atoms with E-state index < -0.39 is 0 Å². The van der Waals surface area contributed by atoms with Crippen molar-refractivity contribution in [2.24, 2.45) is 0 Å². The Morgan fingerprint density at radius 3 is 2.20 bits per heavy atom. The van der Waals surface area contributed by atoms with Crippen molar-refractivity contribution in [1.82, 2.24) is 0 Å². The molecule has 1 aliphatic rings. The second kappa shape index (κ2) is 6.65. The molecule has 0 heterocycles. The van der Waals surface area contributed by atoms with Crippen LogP contribution in [0.1, 0.15) is 31.8 Å². The van der Waals surface area contributed by atoms with E-state index in [0.29, 0.717) is 17.0 Å². The van der Waals surface area contributed by atoms with E-state index in [1.807, 2.05) is 0 Å². The first-order valence-electron chi connectivity index (χ1n) is 7.71. The fourth-order valence-corrected chi connectivity index (χ4v) is 2.81. The Bertz CT molecular complexity index is 899. The number of rotatable bonds is 6. The number of carbonyl (C=O) groups is 2. The van der Waals surface area contributed by atoms with Crippen LogP contribution in [0, 0.1) is 0 Å². The van der Waals surface area contributed by atoms with Crippen LogP contribution in [-0.4, -0.2) is 24.8 Å². The van der Waals surface area contributed by atoms with Gasteiger partial charge in [0, 0.05) is 22.9 Å². The summed E-state index contributed by atoms with van der Waals surface area (Å²) in [6, 6.07) is 7.96. The summed E-state index contributed by atoms with van der Waals surface area (Å²) in [5.74, 6) is -0.0157. The number of carbonyl (C=O) groups excluding carboxylic acids is 2. The van der Waals surface area contributed by atoms with E-state index in [0.717, 1.165) is 0 Å². The molecule has 0 saturated heterocycles. The highest BCUT2D eigenvalue weighted by molar-refractivity contribution is 6.30. The topological polar surface area (TPSA) is 78.6 Å². The van der Waals surface area contributed by atoms with Gasteiger partial charge in [-0.1, -0.05) is 37.4 Å². The highest BCUT2D eigenvalue weighted by Gasteiger charge is 2.35. The van der Waals surface area contributed by atoms with E-state index in [-0.39, 0.29) is 47.2 Å². The number of nitrogens with two attached hydrogens (primary N) is 1. The molecule has 1 aliphatic carbocycles. The smallest absolute Gasteiger partial charge is 0.201 e. The van der Waals surface area contributed by atoms with Gasteiger partial charge >= 0.3 is 0 Å². The van der Waals surface area contributed by atoms with Crippen molar-refractivity contribution in [3.8, 4) is 11.5 Å². The second-order valence-electron chi connectivity index (χ2n) is 5.48. The highest BCUT2D eigenvalue weighted by Crippen LogP contribution is 2.38. The van der Waals surface area contributed by atoms with Crippen LogP contribution < -0.4 is 15.2 Å². The van der Waals surface area contributed by atoms with Crippen LogP contribution in [0.2, 0.25) is 0 Å². The zero-order chi connectivity index (χ0) is 18.0. The number of anilines is 1. The van der Waals surface area contributed by atoms with E-state index in [9.17, 15) is 9.59 Å². The third-order valence-corrected chi connectivity index (χ3v) is 3.81. The molecule has 0 amide bonds. The molecule has 0 fully saturated rings. The Hall–Kier alpha value is -3.34. The van der Waals surface area contributed by atoms with Gasteiger partial charge in [-0.2, -0.15) is 0 Å². The van der Waals surface area contributed by atoms with Crippen molar-refractivity contribution in [3.63, 3.8) is 0 Å². The number of fused-ring (bicyclic) bond motifs is 2. The van der Waals surface area contributed by atoms with Gasteiger partial charge in [0.2, 0.25) is 5.78 Å². The molecule has 5 heteroatoms. The first kappa shape index (κ1) is 16.5. The van der Waals surface area contributed by atoms with E-state index in [2.05, 4.69) is 13.2 Å². The summed E-state index contributed by atoms with van der Waals surface area (Å²) in [6.07, 6.45) is 3.12. The molecule has 0 spiro atoms. The molecule has 0 aromatic heterocycles. The van der Waals surface area contributed by atoms with Crippen molar-refractivity contribution in [2.45, 2.75) is 0 Å². The monoisotopic (exact) mass is 335 g/mol. The molecule has 2 aromatic rings. The summed E-state index contributed by atoms with van der Waals surface area (Å²) in [4.78, 5) is 26.0. The molecule has 0 unspecified atom stereocenters. The van der Waals surface area contributed by atoms with Gasteiger partial charge in [0.1, 0.15) is 24.7 Å². The lowest BCUT2D eigenvalue weighted by Gasteiger charge is -2.22. The van der Waals surface area contributed by atoms with Crippen molar-refractivity contribution in [3.05, 3.63) is 77.9 Å². The Morgan fingerprint density at radius 1 is 0.880 bits per heavy atom. The van der Waals surface area contributed by atoms with E-state index >= 15 is 0 Å². The number of hydrogen-bond acceptors (Lipinski definition) is 5. The Kier molecular flexibility index (Phi) is 4.39. The molecule has 0 bridgehead atoms. The molecule has 25 heavy (non-hydrogen) atoms. The molecule has 126 valence electrons. The summed E-state index contributed by atoms with van der Waals surface area (Å²) in [5.41, 5.74) is 7.17. The van der Waals surface area contributed by atoms with Crippen LogP contribution in [0.4, 0.5) is 5.69 Å². The van der Waals surface area contributed by atoms with Gasteiger partial charge in [-0.3, -0.25) is 9.59 Å². The second-order valence-corrected chi connectivity index (χ2v) is 5.48. The van der Waals surface area contributed by atoms with Gasteiger partial charge < -0.3 is 15.2 Å². The van der Waals surface area contributed by atoms with Crippen molar-refractivity contribution in [2.75, 3.05) is 18.9 Å². The van der Waals surface area contributed by atoms with Gasteiger partial charge in [-0.15, -0.1) is 0 Å². The predicted molar refractivity (Wildman–Crippen MR) is 95.5 cm³/mol. The molecular weight excluding hydrogens is 318 g/mol. The van der Waals surface area contributed by atoms with Gasteiger partial charge in [0.05, 0.1) is 11.1 Å². The first-order chi connectivity index (χ1) is 12.1. The van der Waals surface area contributed by atoms with Crippen LogP contribution in [0.25, 0.3) is 0 Å². The standard InChI is InChI=1S/C20H17NO4/c1-3-8-24-15-7-5-6-13-17(15)20(23)18-14(19(13)22)10-12(21)11-16(18)25-9-4-2/h3-7,10-11H,1-2,8-9,21H2. The maximum absolute atomic E-state index is 13.1. The third kappa shape index (κ3) is 2.80. The summed E-state index contributed by atoms with van der Waals surface area (Å²) < 4.78 is 11.1. The van der Waals surface area contributed by atoms with Crippen LogP contribution in [-0.2, 0) is 0 Å². The van der Waals surface area contributed by atoms with Crippen LogP contribution in [0.5, 0.6) is 11.5 Å². The lowest BCUT2D eigenvalue weighted by atomic mass is 9.83. The largest absolute Gasteiger partial charge is 0.489 e. The SMILES string of the molecule is C=CCOc1cccc2c1C(=O)c1c(OCC=C)cc(N)cc1C2=O. The van der Waals surface area contributed by atoms with Gasteiger partial charge in [-0.05, 0) is 12.1 Å². The maximum Gasteiger partial charge on any atom is 0.201 e. The Labute approximate surface area is 145 Å². The number of hydrogen-bond donors (Lipinski definition) is 1. The number of benzene rings is 2. The quantitative estimate of drug-likeness (QED) is 0.553. The van der Waals surface area contributed by atoms with Crippen molar-refractivity contribution in [1.29, 1.82) is 0 Å². The van der Waals surface area contributed by atoms with E-state index in [4.69, 9.17) is 15.2 Å². The van der Waals surface area contributed by atoms with E-state index in [1.54, 1.807) is 30.4 Å². The van der Waals surface area contributed by atoms with Crippen molar-refractivity contribution >= 4 is 17.3 Å². The molecule has 2 aromatic carbocycles. The zero-order valence-corrected chi connectivity index (χ0v) is 13.6. The maximum atomic E-state index is 13.1. The average molecular weight is 335 g/mol. The molecule has 5 nitrogen and oxygen atoms in total. The normalized spacial score (nSPS) is 12.2. The summed E-state index contributed by atoms with van der Waals surface area (Å²) >= 11 is 0. The summed E-state index contributed by atoms with van der Waals surface area (Å²) in [5, 5.41) is 0. The summed E-state index contributed by atoms with van der Waals surface area (Å²) in [7, 11) is 0. The zero-order valence-electron chi connectivity index (χ0n) is 13.6. The average Bonchev–Trinajstić information content (AvgIpc) is 2.61. The minimum atomic E-state index is -0.330. The Morgan fingerprint density at radius 2 is 1.52 bits per heavy atom. The van der Waals surface area contributed by atoms with Crippen molar-refractivity contribution < 1.29 is 19.1 Å². The van der Waals surface area contributed by atoms with E-state index in [1.165, 1.54) is 12.1 Å². The van der Waals surface area contributed by atoms with Crippen LogP contribution >= 0.6 is 0 Å². The minimum Gasteiger partial charge on any atom is -0.489 e.